The maximum atomic E-state index is 8.45. The smallest absolute Gasteiger partial charge is 0.0705 e. The summed E-state index contributed by atoms with van der Waals surface area (Å²) in [6.45, 7) is 18.1. The van der Waals surface area contributed by atoms with Gasteiger partial charge < -0.3 is 15.6 Å². The van der Waals surface area contributed by atoms with Crippen LogP contribution in [-0.2, 0) is 0 Å². The highest BCUT2D eigenvalue weighted by Gasteiger charge is 2.16. The Bertz CT molecular complexity index is 2600. The lowest BCUT2D eigenvalue weighted by molar-refractivity contribution is 1.02. The molecule has 5 aromatic carbocycles. The van der Waals surface area contributed by atoms with Gasteiger partial charge in [0.15, 0.2) is 0 Å². The van der Waals surface area contributed by atoms with Gasteiger partial charge in [-0.3, -0.25) is 5.41 Å². The summed E-state index contributed by atoms with van der Waals surface area (Å²) in [6, 6.07) is 32.9. The van der Waals surface area contributed by atoms with Crippen molar-refractivity contribution in [1.82, 2.24) is 4.57 Å². The van der Waals surface area contributed by atoms with Crippen LogP contribution < -0.4 is 11.1 Å². The second-order valence-corrected chi connectivity index (χ2v) is 13.7. The Labute approximate surface area is 331 Å². The summed E-state index contributed by atoms with van der Waals surface area (Å²) < 4.78 is 2.38. The summed E-state index contributed by atoms with van der Waals surface area (Å²) in [7, 11) is 0. The Morgan fingerprint density at radius 1 is 0.804 bits per heavy atom. The van der Waals surface area contributed by atoms with Gasteiger partial charge in [0.05, 0.1) is 16.7 Å². The van der Waals surface area contributed by atoms with Gasteiger partial charge in [0.1, 0.15) is 0 Å². The topological polar surface area (TPSA) is 66.8 Å². The first-order valence-corrected chi connectivity index (χ1v) is 19.0. The fourth-order valence-electron chi connectivity index (χ4n) is 7.09. The van der Waals surface area contributed by atoms with Crippen molar-refractivity contribution in [3.63, 3.8) is 0 Å². The monoisotopic (exact) mass is 730 g/mol. The van der Waals surface area contributed by atoms with Crippen molar-refractivity contribution in [1.29, 1.82) is 5.41 Å². The molecule has 0 unspecified atom stereocenters. The number of nitrogens with one attached hydrogen (secondary N) is 2. The minimum Gasteiger partial charge on any atom is -0.398 e. The zero-order chi connectivity index (χ0) is 39.6. The molecule has 1 aliphatic rings. The van der Waals surface area contributed by atoms with Gasteiger partial charge >= 0.3 is 0 Å². The lowest BCUT2D eigenvalue weighted by atomic mass is 9.93. The van der Waals surface area contributed by atoms with Crippen LogP contribution in [0.5, 0.6) is 0 Å². The molecule has 1 aromatic heterocycles. The summed E-state index contributed by atoms with van der Waals surface area (Å²) in [4.78, 5) is 0. The van der Waals surface area contributed by atoms with Crippen molar-refractivity contribution in [2.24, 2.45) is 0 Å². The van der Waals surface area contributed by atoms with Crippen molar-refractivity contribution in [3.8, 4) is 11.1 Å². The summed E-state index contributed by atoms with van der Waals surface area (Å²) >= 11 is 0. The van der Waals surface area contributed by atoms with Crippen LogP contribution in [0.25, 0.3) is 56.9 Å². The molecule has 0 amide bonds. The van der Waals surface area contributed by atoms with Gasteiger partial charge in [-0.2, -0.15) is 0 Å². The molecule has 278 valence electrons. The van der Waals surface area contributed by atoms with E-state index in [9.17, 15) is 0 Å². The normalized spacial score (nSPS) is 12.8. The van der Waals surface area contributed by atoms with Crippen molar-refractivity contribution < 1.29 is 0 Å². The quantitative estimate of drug-likeness (QED) is 0.0706. The molecular weight excluding hydrogens is 681 g/mol. The lowest BCUT2D eigenvalue weighted by Gasteiger charge is -2.14. The van der Waals surface area contributed by atoms with E-state index in [2.05, 4.69) is 115 Å². The molecule has 0 bridgehead atoms. The average Bonchev–Trinajstić information content (AvgIpc) is 3.54. The van der Waals surface area contributed by atoms with Crippen molar-refractivity contribution in [3.05, 3.63) is 204 Å². The number of aryl methyl sites for hydroxylation is 1. The largest absolute Gasteiger partial charge is 0.398 e. The minimum atomic E-state index is 0.433. The molecule has 0 spiro atoms. The number of nitrogens with two attached hydrogens (primary N) is 1. The highest BCUT2D eigenvalue weighted by atomic mass is 15.0. The van der Waals surface area contributed by atoms with Crippen molar-refractivity contribution >= 4 is 62.8 Å². The first kappa shape index (κ1) is 38.8. The molecule has 0 saturated heterocycles. The van der Waals surface area contributed by atoms with Crippen molar-refractivity contribution in [2.75, 3.05) is 11.1 Å². The molecule has 7 rings (SSSR count). The predicted molar refractivity (Wildman–Crippen MR) is 247 cm³/mol. The van der Waals surface area contributed by atoms with Crippen molar-refractivity contribution in [2.45, 2.75) is 33.6 Å². The summed E-state index contributed by atoms with van der Waals surface area (Å²) in [6.07, 6.45) is 24.8. The lowest BCUT2D eigenvalue weighted by Crippen LogP contribution is -2.05. The van der Waals surface area contributed by atoms with Crippen LogP contribution in [-0.4, -0.2) is 10.3 Å². The fraction of sp³-hybridized carbons (Fsp3) is 0.0962. The number of benzene rings is 5. The van der Waals surface area contributed by atoms with Crippen LogP contribution in [0.15, 0.2) is 171 Å². The number of anilines is 2. The first-order valence-electron chi connectivity index (χ1n) is 19.0. The molecule has 0 radical (unpaired) electrons. The van der Waals surface area contributed by atoms with Gasteiger partial charge in [-0.15, -0.1) is 0 Å². The molecule has 56 heavy (non-hydrogen) atoms. The molecular formula is C52H50N4. The molecule has 0 fully saturated rings. The van der Waals surface area contributed by atoms with Crippen LogP contribution in [0.3, 0.4) is 0 Å². The zero-order valence-corrected chi connectivity index (χ0v) is 32.6. The molecule has 1 heterocycles. The summed E-state index contributed by atoms with van der Waals surface area (Å²) in [5.74, 6) is 0. The number of nitrogens with zero attached hydrogens (tertiary/aromatic N) is 1. The molecule has 0 atom stereocenters. The number of allylic oxidation sites excluding steroid dienone is 9. The second kappa shape index (κ2) is 17.9. The van der Waals surface area contributed by atoms with Crippen LogP contribution in [0, 0.1) is 12.3 Å². The molecule has 4 N–H and O–H groups in total. The Morgan fingerprint density at radius 2 is 1.57 bits per heavy atom. The number of para-hydroxylation sites is 1. The summed E-state index contributed by atoms with van der Waals surface area (Å²) in [5, 5.41) is 14.5. The van der Waals surface area contributed by atoms with Crippen LogP contribution in [0.4, 0.5) is 11.4 Å². The highest BCUT2D eigenvalue weighted by Crippen LogP contribution is 2.37. The standard InChI is InChI=1S/C28H28N2.C24H22N2/c1-5-8-12-22(7-3)29-26-19-25-24-17-20(4)15-16-27(24)30(23-13-10-9-11-14-23)28(25)18-21(26)6-2;1-3-8-20-17(4-2)9-7-11-21(20)18-13-15-19(16-14-18)24(26)22-10-5-6-12-23(22)25/h5-8,10,12-19,29H,2-3,9,11H2,1,4H3;3-16,26H,2,25H2,1H3/b8-5-,22-12+;8-3-,26-24?. The molecule has 6 aromatic rings. The van der Waals surface area contributed by atoms with E-state index < -0.39 is 0 Å². The van der Waals surface area contributed by atoms with E-state index in [-0.39, 0.29) is 0 Å². The van der Waals surface area contributed by atoms with Crippen LogP contribution >= 0.6 is 0 Å². The Kier molecular flexibility index (Phi) is 12.4. The SMILES string of the molecule is C=C/C(=C\C=C/C)Nc1cc2c3cc(C)ccc3n(C3=CCCC=C3)c2cc1C=C.C=Cc1cccc(-c2ccc(C(=N)c3ccccc3N)cc2)c1/C=C\C. The third-order valence-electron chi connectivity index (χ3n) is 9.92. The van der Waals surface area contributed by atoms with E-state index in [1.165, 1.54) is 33.1 Å². The second-order valence-electron chi connectivity index (χ2n) is 13.7. The third kappa shape index (κ3) is 8.25. The molecule has 1 aliphatic carbocycles. The first-order chi connectivity index (χ1) is 27.3. The number of hydrogen-bond donors (Lipinski definition) is 3. The Morgan fingerprint density at radius 3 is 2.25 bits per heavy atom. The third-order valence-corrected chi connectivity index (χ3v) is 9.92. The van der Waals surface area contributed by atoms with Gasteiger partial charge in [-0.05, 0) is 110 Å². The molecule has 4 nitrogen and oxygen atoms in total. The highest BCUT2D eigenvalue weighted by molar-refractivity contribution is 6.14. The minimum absolute atomic E-state index is 0.433. The van der Waals surface area contributed by atoms with Crippen LogP contribution in [0.1, 0.15) is 60.1 Å². The molecule has 0 saturated carbocycles. The number of fused-ring (bicyclic) bond motifs is 3. The van der Waals surface area contributed by atoms with Gasteiger partial charge in [0, 0.05) is 44.7 Å². The predicted octanol–water partition coefficient (Wildman–Crippen LogP) is 14.0. The molecule has 4 heteroatoms. The van der Waals surface area contributed by atoms with E-state index in [1.54, 1.807) is 0 Å². The van der Waals surface area contributed by atoms with Gasteiger partial charge in [-0.25, -0.2) is 0 Å². The molecule has 0 aliphatic heterocycles. The van der Waals surface area contributed by atoms with E-state index in [1.807, 2.05) is 98.8 Å². The Hall–Kier alpha value is -6.91. The number of hydrogen-bond acceptors (Lipinski definition) is 3. The van der Waals surface area contributed by atoms with Gasteiger partial charge in [-0.1, -0.05) is 141 Å². The van der Waals surface area contributed by atoms with E-state index >= 15 is 0 Å². The van der Waals surface area contributed by atoms with E-state index in [0.29, 0.717) is 11.4 Å². The van der Waals surface area contributed by atoms with Gasteiger partial charge in [0.2, 0.25) is 0 Å². The number of nitrogen functional groups attached to an aromatic ring is 1. The average molecular weight is 731 g/mol. The van der Waals surface area contributed by atoms with Gasteiger partial charge in [0.25, 0.3) is 0 Å². The van der Waals surface area contributed by atoms with E-state index in [4.69, 9.17) is 11.1 Å². The Balaban J connectivity index is 0.000000192. The maximum Gasteiger partial charge on any atom is 0.0705 e. The fourth-order valence-corrected chi connectivity index (χ4v) is 7.09. The number of rotatable bonds is 11. The number of aromatic nitrogens is 1. The zero-order valence-electron chi connectivity index (χ0n) is 32.6. The maximum absolute atomic E-state index is 8.45. The van der Waals surface area contributed by atoms with E-state index in [0.717, 1.165) is 63.2 Å². The summed E-state index contributed by atoms with van der Waals surface area (Å²) in [5.41, 5.74) is 21.2. The van der Waals surface area contributed by atoms with Crippen LogP contribution in [0.2, 0.25) is 0 Å².